The molecule has 1 aromatic rings. The van der Waals surface area contributed by atoms with E-state index < -0.39 is 13.0 Å². The second-order valence-corrected chi connectivity index (χ2v) is 4.93. The lowest BCUT2D eigenvalue weighted by molar-refractivity contribution is 0.0183. The van der Waals surface area contributed by atoms with E-state index in [9.17, 15) is 8.78 Å². The van der Waals surface area contributed by atoms with Crippen molar-refractivity contribution in [2.75, 3.05) is 25.1 Å². The van der Waals surface area contributed by atoms with E-state index in [2.05, 4.69) is 37.9 Å². The van der Waals surface area contributed by atoms with E-state index in [0.29, 0.717) is 12.2 Å². The van der Waals surface area contributed by atoms with E-state index >= 15 is 0 Å². The second kappa shape index (κ2) is 8.57. The number of nitrogens with zero attached hydrogens (tertiary/aromatic N) is 2. The molecule has 0 aliphatic heterocycles. The van der Waals surface area contributed by atoms with Crippen LogP contribution in [0, 0.1) is 3.57 Å². The van der Waals surface area contributed by atoms with Crippen molar-refractivity contribution >= 4 is 28.4 Å². The van der Waals surface area contributed by atoms with Crippen LogP contribution in [-0.4, -0.2) is 36.2 Å². The summed E-state index contributed by atoms with van der Waals surface area (Å²) in [4.78, 5) is 8.81. The van der Waals surface area contributed by atoms with Gasteiger partial charge in [0.1, 0.15) is 18.2 Å². The molecule has 1 N–H and O–H groups in total. The van der Waals surface area contributed by atoms with Crippen LogP contribution in [0.25, 0.3) is 0 Å². The van der Waals surface area contributed by atoms with Gasteiger partial charge < -0.3 is 10.1 Å². The van der Waals surface area contributed by atoms with Crippen LogP contribution in [0.1, 0.15) is 25.4 Å². The SMILES string of the molecule is CCNc1nc(CCOCC(F)F)nc(CC)c1I. The highest BCUT2D eigenvalue weighted by atomic mass is 127. The van der Waals surface area contributed by atoms with Crippen LogP contribution in [0.15, 0.2) is 0 Å². The number of aromatic nitrogens is 2. The number of rotatable bonds is 8. The Morgan fingerprint density at radius 2 is 2.05 bits per heavy atom. The minimum Gasteiger partial charge on any atom is -0.375 e. The number of nitrogens with one attached hydrogen (secondary N) is 1. The van der Waals surface area contributed by atoms with Crippen molar-refractivity contribution in [1.29, 1.82) is 0 Å². The maximum Gasteiger partial charge on any atom is 0.261 e. The second-order valence-electron chi connectivity index (χ2n) is 3.85. The number of hydrogen-bond donors (Lipinski definition) is 1. The monoisotopic (exact) mass is 385 g/mol. The van der Waals surface area contributed by atoms with Crippen molar-refractivity contribution in [3.63, 3.8) is 0 Å². The summed E-state index contributed by atoms with van der Waals surface area (Å²) in [5, 5.41) is 3.18. The first-order valence-corrected chi connectivity index (χ1v) is 7.31. The van der Waals surface area contributed by atoms with Crippen molar-refractivity contribution in [3.8, 4) is 0 Å². The normalized spacial score (nSPS) is 11.1. The summed E-state index contributed by atoms with van der Waals surface area (Å²) in [6.07, 6.45) is -1.18. The Hall–Kier alpha value is -0.570. The highest BCUT2D eigenvalue weighted by Crippen LogP contribution is 2.19. The summed E-state index contributed by atoms with van der Waals surface area (Å²) in [6.45, 7) is 4.47. The lowest BCUT2D eigenvalue weighted by Gasteiger charge is -2.11. The molecule has 0 radical (unpaired) electrons. The van der Waals surface area contributed by atoms with Crippen LogP contribution in [-0.2, 0) is 17.6 Å². The predicted octanol–water partition coefficient (Wildman–Crippen LogP) is 2.90. The molecule has 4 nitrogen and oxygen atoms in total. The molecule has 0 saturated carbocycles. The third kappa shape index (κ3) is 5.52. The van der Waals surface area contributed by atoms with Crippen molar-refractivity contribution in [3.05, 3.63) is 15.1 Å². The zero-order valence-corrected chi connectivity index (χ0v) is 13.2. The molecule has 19 heavy (non-hydrogen) atoms. The van der Waals surface area contributed by atoms with Crippen molar-refractivity contribution in [2.45, 2.75) is 33.1 Å². The van der Waals surface area contributed by atoms with E-state index in [1.165, 1.54) is 0 Å². The third-order valence-electron chi connectivity index (χ3n) is 2.36. The number of alkyl halides is 2. The van der Waals surface area contributed by atoms with E-state index in [4.69, 9.17) is 4.74 Å². The minimum atomic E-state index is -2.43. The van der Waals surface area contributed by atoms with E-state index in [1.807, 2.05) is 13.8 Å². The first kappa shape index (κ1) is 16.5. The fourth-order valence-electron chi connectivity index (χ4n) is 1.51. The van der Waals surface area contributed by atoms with Gasteiger partial charge in [0.05, 0.1) is 15.9 Å². The molecule has 7 heteroatoms. The molecule has 108 valence electrons. The molecule has 0 aromatic carbocycles. The van der Waals surface area contributed by atoms with Crippen molar-refractivity contribution in [1.82, 2.24) is 9.97 Å². The Bertz CT molecular complexity index is 405. The average Bonchev–Trinajstić information content (AvgIpc) is 2.38. The largest absolute Gasteiger partial charge is 0.375 e. The predicted molar refractivity (Wildman–Crippen MR) is 78.8 cm³/mol. The summed E-state index contributed by atoms with van der Waals surface area (Å²) in [7, 11) is 0. The van der Waals surface area contributed by atoms with Gasteiger partial charge in [0.15, 0.2) is 0 Å². The zero-order chi connectivity index (χ0) is 14.3. The molecule has 0 atom stereocenters. The summed E-state index contributed by atoms with van der Waals surface area (Å²) in [6, 6.07) is 0. The fraction of sp³-hybridized carbons (Fsp3) is 0.667. The first-order valence-electron chi connectivity index (χ1n) is 6.23. The number of anilines is 1. The summed E-state index contributed by atoms with van der Waals surface area (Å²) in [5.41, 5.74) is 0.968. The van der Waals surface area contributed by atoms with Crippen LogP contribution >= 0.6 is 22.6 Å². The molecule has 0 fully saturated rings. The molecular formula is C12H18F2IN3O. The van der Waals surface area contributed by atoms with Crippen LogP contribution in [0.4, 0.5) is 14.6 Å². The maximum atomic E-state index is 11.9. The third-order valence-corrected chi connectivity index (χ3v) is 3.49. The van der Waals surface area contributed by atoms with E-state index in [1.54, 1.807) is 0 Å². The number of hydrogen-bond acceptors (Lipinski definition) is 4. The highest BCUT2D eigenvalue weighted by Gasteiger charge is 2.10. The van der Waals surface area contributed by atoms with Gasteiger partial charge in [0.2, 0.25) is 0 Å². The quantitative estimate of drug-likeness (QED) is 0.552. The van der Waals surface area contributed by atoms with Crippen molar-refractivity contribution < 1.29 is 13.5 Å². The Balaban J connectivity index is 2.69. The van der Waals surface area contributed by atoms with Gasteiger partial charge in [0, 0.05) is 13.0 Å². The molecular weight excluding hydrogens is 367 g/mol. The molecule has 0 amide bonds. The molecule has 1 rings (SSSR count). The van der Waals surface area contributed by atoms with Gasteiger partial charge in [-0.2, -0.15) is 0 Å². The molecule has 0 bridgehead atoms. The molecule has 0 aliphatic rings. The summed E-state index contributed by atoms with van der Waals surface area (Å²) in [5.74, 6) is 1.43. The van der Waals surface area contributed by atoms with Gasteiger partial charge in [-0.15, -0.1) is 0 Å². The lowest BCUT2D eigenvalue weighted by Crippen LogP contribution is -2.12. The highest BCUT2D eigenvalue weighted by molar-refractivity contribution is 14.1. The van der Waals surface area contributed by atoms with E-state index in [0.717, 1.165) is 28.0 Å². The van der Waals surface area contributed by atoms with Gasteiger partial charge in [-0.05, 0) is 35.9 Å². The topological polar surface area (TPSA) is 47.0 Å². The number of aryl methyl sites for hydroxylation is 1. The average molecular weight is 385 g/mol. The molecule has 1 aromatic heterocycles. The Labute approximate surface area is 125 Å². The number of halogens is 3. The van der Waals surface area contributed by atoms with Gasteiger partial charge >= 0.3 is 0 Å². The smallest absolute Gasteiger partial charge is 0.261 e. The first-order chi connectivity index (χ1) is 9.08. The van der Waals surface area contributed by atoms with E-state index in [-0.39, 0.29) is 6.61 Å². The lowest BCUT2D eigenvalue weighted by atomic mass is 10.3. The standard InChI is InChI=1S/C12H18F2IN3O/c1-3-8-11(15)12(16-4-2)18-10(17-8)5-6-19-7-9(13)14/h9H,3-7H2,1-2H3,(H,16,17,18). The fourth-order valence-corrected chi connectivity index (χ4v) is 2.32. The van der Waals surface area contributed by atoms with Gasteiger partial charge in [-0.3, -0.25) is 0 Å². The Morgan fingerprint density at radius 1 is 1.32 bits per heavy atom. The molecule has 1 heterocycles. The van der Waals surface area contributed by atoms with Crippen LogP contribution in [0.5, 0.6) is 0 Å². The maximum absolute atomic E-state index is 11.9. The Morgan fingerprint density at radius 3 is 2.63 bits per heavy atom. The molecule has 0 unspecified atom stereocenters. The van der Waals surface area contributed by atoms with Gasteiger partial charge in [0.25, 0.3) is 6.43 Å². The molecule has 0 aliphatic carbocycles. The zero-order valence-electron chi connectivity index (χ0n) is 11.0. The molecule has 0 saturated heterocycles. The van der Waals surface area contributed by atoms with Gasteiger partial charge in [-0.25, -0.2) is 18.7 Å². The molecule has 0 spiro atoms. The van der Waals surface area contributed by atoms with Crippen LogP contribution in [0.2, 0.25) is 0 Å². The number of ether oxygens (including phenoxy) is 1. The van der Waals surface area contributed by atoms with Gasteiger partial charge in [-0.1, -0.05) is 6.92 Å². The summed E-state index contributed by atoms with van der Waals surface area (Å²) < 4.78 is 29.7. The van der Waals surface area contributed by atoms with Crippen LogP contribution in [0.3, 0.4) is 0 Å². The minimum absolute atomic E-state index is 0.208. The van der Waals surface area contributed by atoms with Crippen molar-refractivity contribution in [2.24, 2.45) is 0 Å². The Kier molecular flexibility index (Phi) is 7.44. The summed E-state index contributed by atoms with van der Waals surface area (Å²) >= 11 is 2.22. The van der Waals surface area contributed by atoms with Crippen LogP contribution < -0.4 is 5.32 Å².